The Morgan fingerprint density at radius 1 is 1.11 bits per heavy atom. The van der Waals surface area contributed by atoms with Crippen molar-refractivity contribution in [3.05, 3.63) is 48.5 Å². The predicted octanol–water partition coefficient (Wildman–Crippen LogP) is 1.22. The third kappa shape index (κ3) is 4.06. The van der Waals surface area contributed by atoms with Crippen LogP contribution < -0.4 is 4.90 Å². The molecule has 1 aromatic carbocycles. The van der Waals surface area contributed by atoms with Gasteiger partial charge in [0.05, 0.1) is 12.5 Å². The molecule has 0 radical (unpaired) electrons. The van der Waals surface area contributed by atoms with Crippen molar-refractivity contribution < 1.29 is 14.0 Å². The zero-order valence-electron chi connectivity index (χ0n) is 15.7. The molecule has 2 saturated heterocycles. The van der Waals surface area contributed by atoms with E-state index < -0.39 is 0 Å². The highest BCUT2D eigenvalue weighted by Crippen LogP contribution is 2.26. The molecule has 7 nitrogen and oxygen atoms in total. The van der Waals surface area contributed by atoms with Gasteiger partial charge < -0.3 is 9.80 Å². The Bertz CT molecular complexity index is 816. The molecule has 0 aliphatic carbocycles. The maximum absolute atomic E-state index is 13.1. The minimum atomic E-state index is -0.339. The van der Waals surface area contributed by atoms with Gasteiger partial charge in [0.2, 0.25) is 11.8 Å². The molecule has 2 aromatic rings. The Balaban J connectivity index is 1.28. The van der Waals surface area contributed by atoms with Crippen molar-refractivity contribution in [2.24, 2.45) is 5.92 Å². The summed E-state index contributed by atoms with van der Waals surface area (Å²) >= 11 is 0. The quantitative estimate of drug-likeness (QED) is 0.777. The number of anilines is 1. The topological polar surface area (TPSA) is 61.7 Å². The molecule has 2 aliphatic heterocycles. The minimum Gasteiger partial charge on any atom is -0.340 e. The molecule has 0 unspecified atom stereocenters. The standard InChI is InChI=1S/C20H24FN5O2/c21-17-2-4-18(5-3-17)26-15-16(14-19(26)27)20(28)24-11-8-23(9-12-24)10-13-25-7-1-6-22-25/h1-7,16H,8-15H2/t16-/m0/s1. The number of carbonyl (C=O) groups is 2. The number of hydrogen-bond donors (Lipinski definition) is 0. The van der Waals surface area contributed by atoms with Crippen LogP contribution in [0.4, 0.5) is 10.1 Å². The number of halogens is 1. The van der Waals surface area contributed by atoms with E-state index in [-0.39, 0.29) is 30.0 Å². The van der Waals surface area contributed by atoms with Crippen molar-refractivity contribution >= 4 is 17.5 Å². The van der Waals surface area contributed by atoms with Crippen molar-refractivity contribution in [3.63, 3.8) is 0 Å². The molecule has 0 saturated carbocycles. The molecule has 2 fully saturated rings. The summed E-state index contributed by atoms with van der Waals surface area (Å²) in [6.45, 7) is 5.13. The average Bonchev–Trinajstić information content (AvgIpc) is 3.37. The molecule has 4 rings (SSSR count). The maximum Gasteiger partial charge on any atom is 0.228 e. The molecular weight excluding hydrogens is 361 g/mol. The average molecular weight is 385 g/mol. The summed E-state index contributed by atoms with van der Waals surface area (Å²) in [7, 11) is 0. The lowest BCUT2D eigenvalue weighted by molar-refractivity contribution is -0.137. The van der Waals surface area contributed by atoms with Crippen LogP contribution in [-0.4, -0.2) is 70.7 Å². The van der Waals surface area contributed by atoms with Gasteiger partial charge in [-0.1, -0.05) is 0 Å². The van der Waals surface area contributed by atoms with Crippen LogP contribution in [-0.2, 0) is 16.1 Å². The largest absolute Gasteiger partial charge is 0.340 e. The minimum absolute atomic E-state index is 0.0460. The number of hydrogen-bond acceptors (Lipinski definition) is 4. The second-order valence-electron chi connectivity index (χ2n) is 7.32. The summed E-state index contributed by atoms with van der Waals surface area (Å²) in [5.41, 5.74) is 0.644. The van der Waals surface area contributed by atoms with Crippen molar-refractivity contribution in [1.29, 1.82) is 0 Å². The number of amides is 2. The molecule has 2 amide bonds. The van der Waals surface area contributed by atoms with Crippen molar-refractivity contribution in [2.75, 3.05) is 44.2 Å². The van der Waals surface area contributed by atoms with Crippen LogP contribution in [0.3, 0.4) is 0 Å². The fourth-order valence-electron chi connectivity index (χ4n) is 3.87. The normalized spacial score (nSPS) is 20.8. The number of nitrogens with zero attached hydrogens (tertiary/aromatic N) is 5. The summed E-state index contributed by atoms with van der Waals surface area (Å²) < 4.78 is 15.0. The molecule has 3 heterocycles. The Kier molecular flexibility index (Phi) is 5.38. The van der Waals surface area contributed by atoms with E-state index in [1.165, 1.54) is 12.1 Å². The van der Waals surface area contributed by atoms with Gasteiger partial charge >= 0.3 is 0 Å². The molecule has 28 heavy (non-hydrogen) atoms. The summed E-state index contributed by atoms with van der Waals surface area (Å²) in [6.07, 6.45) is 3.94. The molecule has 2 aliphatic rings. The first-order chi connectivity index (χ1) is 13.6. The van der Waals surface area contributed by atoms with E-state index in [1.807, 2.05) is 21.8 Å². The fourth-order valence-corrected chi connectivity index (χ4v) is 3.87. The van der Waals surface area contributed by atoms with E-state index in [0.717, 1.165) is 26.2 Å². The lowest BCUT2D eigenvalue weighted by Crippen LogP contribution is -2.51. The fraction of sp³-hybridized carbons (Fsp3) is 0.450. The smallest absolute Gasteiger partial charge is 0.228 e. The number of carbonyl (C=O) groups excluding carboxylic acids is 2. The molecule has 148 valence electrons. The first kappa shape index (κ1) is 18.6. The Morgan fingerprint density at radius 2 is 1.86 bits per heavy atom. The molecule has 8 heteroatoms. The maximum atomic E-state index is 13.1. The van der Waals surface area contributed by atoms with Crippen LogP contribution in [0.1, 0.15) is 6.42 Å². The van der Waals surface area contributed by atoms with Gasteiger partial charge in [-0.3, -0.25) is 19.2 Å². The molecule has 0 spiro atoms. The van der Waals surface area contributed by atoms with Crippen molar-refractivity contribution in [3.8, 4) is 0 Å². The Hall–Kier alpha value is -2.74. The highest BCUT2D eigenvalue weighted by molar-refractivity contribution is 6.00. The zero-order valence-corrected chi connectivity index (χ0v) is 15.7. The van der Waals surface area contributed by atoms with Gasteiger partial charge in [0.25, 0.3) is 0 Å². The van der Waals surface area contributed by atoms with Gasteiger partial charge in [0.15, 0.2) is 0 Å². The molecule has 1 aromatic heterocycles. The van der Waals surface area contributed by atoms with Crippen molar-refractivity contribution in [1.82, 2.24) is 19.6 Å². The summed E-state index contributed by atoms with van der Waals surface area (Å²) in [6, 6.07) is 7.74. The Morgan fingerprint density at radius 3 is 2.54 bits per heavy atom. The third-order valence-electron chi connectivity index (χ3n) is 5.50. The lowest BCUT2D eigenvalue weighted by Gasteiger charge is -2.35. The van der Waals surface area contributed by atoms with Gasteiger partial charge in [-0.2, -0.15) is 5.10 Å². The van der Waals surface area contributed by atoms with Crippen LogP contribution in [0.15, 0.2) is 42.7 Å². The molecule has 1 atom stereocenters. The molecule has 0 N–H and O–H groups in total. The van der Waals surface area contributed by atoms with Gasteiger partial charge in [-0.05, 0) is 30.3 Å². The second-order valence-corrected chi connectivity index (χ2v) is 7.32. The van der Waals surface area contributed by atoms with Crippen LogP contribution >= 0.6 is 0 Å². The molecule has 0 bridgehead atoms. The predicted molar refractivity (Wildman–Crippen MR) is 102 cm³/mol. The van der Waals surface area contributed by atoms with E-state index in [0.29, 0.717) is 25.3 Å². The van der Waals surface area contributed by atoms with Crippen LogP contribution in [0.2, 0.25) is 0 Å². The first-order valence-electron chi connectivity index (χ1n) is 9.64. The van der Waals surface area contributed by atoms with Crippen molar-refractivity contribution in [2.45, 2.75) is 13.0 Å². The number of piperazine rings is 1. The monoisotopic (exact) mass is 385 g/mol. The van der Waals surface area contributed by atoms with E-state index in [4.69, 9.17) is 0 Å². The summed E-state index contributed by atoms with van der Waals surface area (Å²) in [4.78, 5) is 31.0. The van der Waals surface area contributed by atoms with Crippen LogP contribution in [0, 0.1) is 11.7 Å². The number of aromatic nitrogens is 2. The summed E-state index contributed by atoms with van der Waals surface area (Å²) in [5.74, 6) is -0.700. The summed E-state index contributed by atoms with van der Waals surface area (Å²) in [5, 5.41) is 4.21. The van der Waals surface area contributed by atoms with E-state index in [2.05, 4.69) is 10.00 Å². The number of benzene rings is 1. The van der Waals surface area contributed by atoms with Gasteiger partial charge in [-0.15, -0.1) is 0 Å². The first-order valence-corrected chi connectivity index (χ1v) is 9.64. The van der Waals surface area contributed by atoms with Crippen LogP contribution in [0.25, 0.3) is 0 Å². The SMILES string of the molecule is O=C([C@H]1CC(=O)N(c2ccc(F)cc2)C1)N1CCN(CCn2cccn2)CC1. The van der Waals surface area contributed by atoms with E-state index >= 15 is 0 Å². The van der Waals surface area contributed by atoms with Gasteiger partial charge in [-0.25, -0.2) is 4.39 Å². The lowest BCUT2D eigenvalue weighted by atomic mass is 10.1. The van der Waals surface area contributed by atoms with Gasteiger partial charge in [0, 0.05) is 63.8 Å². The second kappa shape index (κ2) is 8.10. The highest BCUT2D eigenvalue weighted by Gasteiger charge is 2.37. The Labute approximate surface area is 163 Å². The highest BCUT2D eigenvalue weighted by atomic mass is 19.1. The van der Waals surface area contributed by atoms with Crippen LogP contribution in [0.5, 0.6) is 0 Å². The van der Waals surface area contributed by atoms with E-state index in [1.54, 1.807) is 23.2 Å². The number of rotatable bonds is 5. The third-order valence-corrected chi connectivity index (χ3v) is 5.50. The van der Waals surface area contributed by atoms with Gasteiger partial charge in [0.1, 0.15) is 5.82 Å². The zero-order chi connectivity index (χ0) is 19.5. The molecular formula is C20H24FN5O2. The van der Waals surface area contributed by atoms with E-state index in [9.17, 15) is 14.0 Å².